The first kappa shape index (κ1) is 19.0. The molecule has 0 aliphatic heterocycles. The second-order valence-corrected chi connectivity index (χ2v) is 7.86. The maximum atomic E-state index is 13.0. The van der Waals surface area contributed by atoms with Gasteiger partial charge in [0.15, 0.2) is 0 Å². The molecular formula is C20H24N4O3S. The largest absolute Gasteiger partial charge is 0.382 e. The van der Waals surface area contributed by atoms with Gasteiger partial charge in [-0.2, -0.15) is 0 Å². The zero-order chi connectivity index (χ0) is 19.3. The van der Waals surface area contributed by atoms with Gasteiger partial charge in [-0.05, 0) is 31.7 Å². The second kappa shape index (κ2) is 8.81. The average molecular weight is 401 g/mol. The minimum absolute atomic E-state index is 0.0775. The lowest BCUT2D eigenvalue weighted by molar-refractivity contribution is -0.00408. The number of nitrogens with one attached hydrogen (secondary N) is 1. The zero-order valence-corrected chi connectivity index (χ0v) is 16.7. The van der Waals surface area contributed by atoms with Crippen molar-refractivity contribution in [2.75, 3.05) is 20.3 Å². The highest BCUT2D eigenvalue weighted by atomic mass is 32.1. The van der Waals surface area contributed by atoms with E-state index in [-0.39, 0.29) is 18.1 Å². The molecule has 3 aromatic rings. The molecule has 28 heavy (non-hydrogen) atoms. The first-order valence-corrected chi connectivity index (χ1v) is 10.4. The number of thiazole rings is 1. The lowest BCUT2D eigenvalue weighted by Crippen LogP contribution is -2.39. The van der Waals surface area contributed by atoms with Gasteiger partial charge in [-0.3, -0.25) is 9.78 Å². The van der Waals surface area contributed by atoms with Crippen molar-refractivity contribution in [3.63, 3.8) is 0 Å². The first-order chi connectivity index (χ1) is 13.7. The highest BCUT2D eigenvalue weighted by molar-refractivity contribution is 7.13. The van der Waals surface area contributed by atoms with Crippen LogP contribution >= 0.6 is 11.3 Å². The fourth-order valence-corrected chi connectivity index (χ4v) is 4.23. The number of hydrogen-bond donors (Lipinski definition) is 1. The summed E-state index contributed by atoms with van der Waals surface area (Å²) in [6.07, 6.45) is 11.4. The Hall–Kier alpha value is -2.29. The fraction of sp³-hybridized carbons (Fsp3) is 0.450. The van der Waals surface area contributed by atoms with Crippen LogP contribution in [0.1, 0.15) is 36.0 Å². The quantitative estimate of drug-likeness (QED) is 0.617. The molecule has 4 rings (SSSR count). The summed E-state index contributed by atoms with van der Waals surface area (Å²) in [5.74, 6) is -0.0775. The summed E-state index contributed by atoms with van der Waals surface area (Å²) in [7, 11) is 1.68. The molecule has 7 nitrogen and oxygen atoms in total. The maximum absolute atomic E-state index is 13.0. The predicted octanol–water partition coefficient (Wildman–Crippen LogP) is 3.16. The molecule has 1 N–H and O–H groups in total. The highest BCUT2D eigenvalue weighted by Crippen LogP contribution is 2.26. The molecule has 1 aliphatic rings. The Morgan fingerprint density at radius 1 is 1.32 bits per heavy atom. The van der Waals surface area contributed by atoms with Crippen LogP contribution in [0.25, 0.3) is 16.1 Å². The van der Waals surface area contributed by atoms with Crippen LogP contribution in [-0.4, -0.2) is 52.7 Å². The third-order valence-corrected chi connectivity index (χ3v) is 5.92. The molecular weight excluding hydrogens is 376 g/mol. The van der Waals surface area contributed by atoms with Gasteiger partial charge in [0, 0.05) is 43.5 Å². The molecule has 1 saturated carbocycles. The van der Waals surface area contributed by atoms with E-state index in [1.807, 2.05) is 29.1 Å². The SMILES string of the molecule is COCCOC1CCC(NC(=O)c2cc(-c3cncs3)cn3ccnc23)CC1. The van der Waals surface area contributed by atoms with Crippen molar-refractivity contribution >= 4 is 22.9 Å². The second-order valence-electron chi connectivity index (χ2n) is 6.98. The third kappa shape index (κ3) is 4.24. The summed E-state index contributed by atoms with van der Waals surface area (Å²) in [6, 6.07) is 2.07. The lowest BCUT2D eigenvalue weighted by Gasteiger charge is -2.29. The number of amides is 1. The number of aromatic nitrogens is 3. The molecule has 0 unspecified atom stereocenters. The number of methoxy groups -OCH3 is 1. The molecule has 0 bridgehead atoms. The van der Waals surface area contributed by atoms with Crippen LogP contribution in [0.4, 0.5) is 0 Å². The van der Waals surface area contributed by atoms with E-state index in [0.29, 0.717) is 24.4 Å². The molecule has 0 aromatic carbocycles. The van der Waals surface area contributed by atoms with Crippen LogP contribution in [0.2, 0.25) is 0 Å². The van der Waals surface area contributed by atoms with Gasteiger partial charge in [0.1, 0.15) is 5.65 Å². The Balaban J connectivity index is 1.44. The van der Waals surface area contributed by atoms with E-state index < -0.39 is 0 Å². The summed E-state index contributed by atoms with van der Waals surface area (Å²) >= 11 is 1.55. The van der Waals surface area contributed by atoms with Gasteiger partial charge in [-0.25, -0.2) is 4.98 Å². The van der Waals surface area contributed by atoms with Crippen LogP contribution in [0.15, 0.2) is 36.4 Å². The summed E-state index contributed by atoms with van der Waals surface area (Å²) in [5, 5.41) is 3.19. The monoisotopic (exact) mass is 400 g/mol. The molecule has 8 heteroatoms. The number of imidazole rings is 1. The summed E-state index contributed by atoms with van der Waals surface area (Å²) < 4.78 is 12.7. The highest BCUT2D eigenvalue weighted by Gasteiger charge is 2.24. The van der Waals surface area contributed by atoms with Gasteiger partial charge in [0.05, 0.1) is 35.3 Å². The van der Waals surface area contributed by atoms with E-state index >= 15 is 0 Å². The topological polar surface area (TPSA) is 77.8 Å². The van der Waals surface area contributed by atoms with E-state index in [4.69, 9.17) is 9.47 Å². The van der Waals surface area contributed by atoms with E-state index in [1.165, 1.54) is 0 Å². The third-order valence-electron chi connectivity index (χ3n) is 5.10. The summed E-state index contributed by atoms with van der Waals surface area (Å²) in [5.41, 5.74) is 4.02. The number of hydrogen-bond acceptors (Lipinski definition) is 6. The van der Waals surface area contributed by atoms with E-state index in [9.17, 15) is 4.79 Å². The number of rotatable bonds is 7. The first-order valence-electron chi connectivity index (χ1n) is 9.51. The fourth-order valence-electron chi connectivity index (χ4n) is 3.63. The van der Waals surface area contributed by atoms with Gasteiger partial charge >= 0.3 is 0 Å². The normalized spacial score (nSPS) is 19.8. The molecule has 0 radical (unpaired) electrons. The molecule has 3 aromatic heterocycles. The Morgan fingerprint density at radius 3 is 2.93 bits per heavy atom. The number of nitrogens with zero attached hydrogens (tertiary/aromatic N) is 3. The van der Waals surface area contributed by atoms with Crippen molar-refractivity contribution in [1.82, 2.24) is 19.7 Å². The van der Waals surface area contributed by atoms with Gasteiger partial charge in [0.2, 0.25) is 0 Å². The Kier molecular flexibility index (Phi) is 5.99. The number of carbonyl (C=O) groups is 1. The molecule has 3 heterocycles. The van der Waals surface area contributed by atoms with Crippen molar-refractivity contribution < 1.29 is 14.3 Å². The van der Waals surface area contributed by atoms with E-state index in [2.05, 4.69) is 15.3 Å². The van der Waals surface area contributed by atoms with Gasteiger partial charge < -0.3 is 19.2 Å². The maximum Gasteiger partial charge on any atom is 0.255 e. The molecule has 1 amide bonds. The molecule has 0 saturated heterocycles. The van der Waals surface area contributed by atoms with Gasteiger partial charge in [-0.15, -0.1) is 11.3 Å². The van der Waals surface area contributed by atoms with Crippen molar-refractivity contribution in [1.29, 1.82) is 0 Å². The van der Waals surface area contributed by atoms with Crippen molar-refractivity contribution in [3.8, 4) is 10.4 Å². The Morgan fingerprint density at radius 2 is 2.18 bits per heavy atom. The van der Waals surface area contributed by atoms with Crippen LogP contribution in [-0.2, 0) is 9.47 Å². The standard InChI is InChI=1S/C20H24N4O3S/c1-26-8-9-27-16-4-2-15(3-5-16)23-20(25)17-10-14(18-11-21-13-28-18)12-24-7-6-22-19(17)24/h6-7,10-13,15-16H,2-5,8-9H2,1H3,(H,23,25). The number of pyridine rings is 1. The Labute approximate surface area is 167 Å². The zero-order valence-electron chi connectivity index (χ0n) is 15.8. The number of ether oxygens (including phenoxy) is 2. The van der Waals surface area contributed by atoms with E-state index in [1.54, 1.807) is 30.2 Å². The van der Waals surface area contributed by atoms with Crippen LogP contribution in [0.3, 0.4) is 0 Å². The van der Waals surface area contributed by atoms with Crippen molar-refractivity contribution in [2.24, 2.45) is 0 Å². The summed E-state index contributed by atoms with van der Waals surface area (Å²) in [4.78, 5) is 22.5. The molecule has 0 atom stereocenters. The van der Waals surface area contributed by atoms with E-state index in [0.717, 1.165) is 36.1 Å². The van der Waals surface area contributed by atoms with Crippen molar-refractivity contribution in [2.45, 2.75) is 37.8 Å². The average Bonchev–Trinajstić information content (AvgIpc) is 3.40. The summed E-state index contributed by atoms with van der Waals surface area (Å²) in [6.45, 7) is 1.24. The van der Waals surface area contributed by atoms with Crippen LogP contribution in [0, 0.1) is 0 Å². The lowest BCUT2D eigenvalue weighted by atomic mass is 9.92. The predicted molar refractivity (Wildman–Crippen MR) is 108 cm³/mol. The Bertz CT molecular complexity index is 917. The molecule has 1 fully saturated rings. The molecule has 148 valence electrons. The van der Waals surface area contributed by atoms with Gasteiger partial charge in [-0.1, -0.05) is 0 Å². The van der Waals surface area contributed by atoms with Crippen molar-refractivity contribution in [3.05, 3.63) is 41.9 Å². The minimum atomic E-state index is -0.0775. The van der Waals surface area contributed by atoms with Gasteiger partial charge in [0.25, 0.3) is 5.91 Å². The smallest absolute Gasteiger partial charge is 0.255 e. The molecule has 0 spiro atoms. The number of carbonyl (C=O) groups excluding carboxylic acids is 1. The minimum Gasteiger partial charge on any atom is -0.382 e. The molecule has 1 aliphatic carbocycles. The van der Waals surface area contributed by atoms with Crippen LogP contribution in [0.5, 0.6) is 0 Å². The van der Waals surface area contributed by atoms with Crippen LogP contribution < -0.4 is 5.32 Å². The number of fused-ring (bicyclic) bond motifs is 1.